The number of phenols is 6. The van der Waals surface area contributed by atoms with Crippen LogP contribution in [-0.2, 0) is 28.8 Å². The molecule has 0 saturated heterocycles. The van der Waals surface area contributed by atoms with Gasteiger partial charge in [-0.1, -0.05) is 39.8 Å². The molecular formula is C48H58N6Na2O14. The van der Waals surface area contributed by atoms with Crippen LogP contribution >= 0.6 is 0 Å². The first-order valence-electron chi connectivity index (χ1n) is 21.7. The van der Waals surface area contributed by atoms with Crippen molar-refractivity contribution in [2.45, 2.75) is 131 Å². The number of hydrogen-bond acceptors (Lipinski definition) is 16. The Kier molecular flexibility index (Phi) is 21.1. The molecule has 70 heavy (non-hydrogen) atoms. The predicted molar refractivity (Wildman–Crippen MR) is 249 cm³/mol. The van der Waals surface area contributed by atoms with E-state index in [9.17, 15) is 69.6 Å². The van der Waals surface area contributed by atoms with Gasteiger partial charge in [0.25, 0.3) is 0 Å². The van der Waals surface area contributed by atoms with E-state index in [-0.39, 0.29) is 114 Å². The van der Waals surface area contributed by atoms with Gasteiger partial charge >= 0.3 is 59.1 Å². The van der Waals surface area contributed by atoms with Crippen LogP contribution < -0.4 is 90.6 Å². The molecule has 366 valence electrons. The second-order valence-corrected chi connectivity index (χ2v) is 17.5. The molecule has 0 radical (unpaired) electrons. The third kappa shape index (κ3) is 12.6. The number of hydrogen-bond donors (Lipinski definition) is 10. The molecule has 0 spiro atoms. The molecule has 6 unspecified atom stereocenters. The van der Waals surface area contributed by atoms with Gasteiger partial charge in [0.1, 0.15) is 35.7 Å². The average Bonchev–Trinajstić information content (AvgIpc) is 3.24. The Labute approximate surface area is 448 Å². The Hall–Kier alpha value is -5.64. The van der Waals surface area contributed by atoms with E-state index in [1.165, 1.54) is 41.5 Å². The topological polar surface area (TPSA) is 343 Å². The van der Waals surface area contributed by atoms with Gasteiger partial charge in [0.15, 0.2) is 23.0 Å². The zero-order valence-electron chi connectivity index (χ0n) is 41.8. The molecule has 4 aromatic rings. The van der Waals surface area contributed by atoms with E-state index in [1.54, 1.807) is 53.7 Å². The predicted octanol–water partition coefficient (Wildman–Crippen LogP) is -4.10. The fourth-order valence-electron chi connectivity index (χ4n) is 7.73. The van der Waals surface area contributed by atoms with Crippen molar-refractivity contribution in [3.05, 3.63) is 45.5 Å². The van der Waals surface area contributed by atoms with Crippen molar-refractivity contribution in [3.63, 3.8) is 0 Å². The van der Waals surface area contributed by atoms with Crippen molar-refractivity contribution in [3.8, 4) is 45.6 Å². The zero-order chi connectivity index (χ0) is 51.5. The molecule has 6 atom stereocenters. The Bertz CT molecular complexity index is 2610. The minimum atomic E-state index is -1.53. The number of nitrogens with zero attached hydrogens (tertiary/aromatic N) is 2. The van der Waals surface area contributed by atoms with Crippen molar-refractivity contribution < 1.29 is 129 Å². The van der Waals surface area contributed by atoms with Gasteiger partial charge in [-0.15, -0.1) is 0 Å². The van der Waals surface area contributed by atoms with Gasteiger partial charge < -0.3 is 71.7 Å². The Morgan fingerprint density at radius 3 is 1.03 bits per heavy atom. The number of carboxylic acid groups (broad SMARTS) is 2. The minimum absolute atomic E-state index is 0. The first kappa shape index (κ1) is 60.5. The normalized spacial score (nSPS) is 14.1. The third-order valence-electron chi connectivity index (χ3n) is 11.5. The van der Waals surface area contributed by atoms with E-state index in [4.69, 9.17) is 0 Å². The van der Waals surface area contributed by atoms with Crippen LogP contribution in [0.1, 0.15) is 114 Å². The van der Waals surface area contributed by atoms with Crippen LogP contribution in [0, 0.1) is 13.8 Å². The number of rotatable bonds is 17. The molecule has 0 aromatic heterocycles. The number of aryl methyl sites for hydroxylation is 2. The number of aliphatic carboxylic acids is 2. The minimum Gasteiger partial charge on any atom is -0.548 e. The summed E-state index contributed by atoms with van der Waals surface area (Å²) in [4.78, 5) is 82.0. The molecule has 0 bridgehead atoms. The molecule has 4 amide bonds. The molecule has 0 saturated carbocycles. The first-order valence-corrected chi connectivity index (χ1v) is 21.7. The van der Waals surface area contributed by atoms with Crippen LogP contribution in [-0.4, -0.2) is 115 Å². The standard InChI is InChI=1S/C48H60N6O14.2Na/c1-17(2)31-27-13-19(5)33(39(57)35(27)29(37(55)41(31)59)15-49-21(7)43(61)51-23(9)45(63)53-25(11)47(65)66)34-20(6)14-28-32(18(3)4)42(60)38(56)30(36(28)40(34)58)16-50-22(8)44(62)52-24(10)46(64)54-26(12)48(67)68;;/h13-18,21-26,55-60H,1-12H3,(H,51,61)(H,52,62)(H,53,63)(H,54,64)(H,65,66)(H,67,68);;/q;2*+1/p-2. The van der Waals surface area contributed by atoms with E-state index in [0.29, 0.717) is 11.1 Å². The molecule has 4 rings (SSSR count). The van der Waals surface area contributed by atoms with Crippen LogP contribution in [0.25, 0.3) is 32.7 Å². The summed E-state index contributed by atoms with van der Waals surface area (Å²) < 4.78 is 0. The molecule has 0 aliphatic heterocycles. The SMILES string of the molecule is Cc1cc2c(C(C)C)c(O)c(O)c(C=NC(C)C(=O)NC(C)C(=O)NC(C)C(=O)[O-])c2c(O)c1-c1c(C)cc2c(C(C)C)c(O)c(O)c(C=NC(C)C(=O)NC(C)C(=O)NC(C)C(=O)[O-])c2c1O.[Na+].[Na+]. The summed E-state index contributed by atoms with van der Waals surface area (Å²) in [5.74, 6) is -10.5. The van der Waals surface area contributed by atoms with Crippen molar-refractivity contribution in [1.29, 1.82) is 0 Å². The maximum Gasteiger partial charge on any atom is 1.00 e. The molecule has 0 aliphatic carbocycles. The van der Waals surface area contributed by atoms with Crippen molar-refractivity contribution >= 4 is 69.5 Å². The zero-order valence-corrected chi connectivity index (χ0v) is 45.8. The van der Waals surface area contributed by atoms with Crippen LogP contribution in [0.3, 0.4) is 0 Å². The van der Waals surface area contributed by atoms with Gasteiger partial charge in [-0.2, -0.15) is 0 Å². The van der Waals surface area contributed by atoms with E-state index < -0.39 is 118 Å². The summed E-state index contributed by atoms with van der Waals surface area (Å²) in [6, 6.07) is -4.31. The van der Waals surface area contributed by atoms with Crippen LogP contribution in [0.2, 0.25) is 0 Å². The molecule has 4 aromatic carbocycles. The number of carbonyl (C=O) groups excluding carboxylic acids is 6. The van der Waals surface area contributed by atoms with Crippen molar-refractivity contribution in [2.75, 3.05) is 0 Å². The van der Waals surface area contributed by atoms with E-state index in [0.717, 1.165) is 12.4 Å². The van der Waals surface area contributed by atoms with Crippen molar-refractivity contribution in [2.24, 2.45) is 9.98 Å². The van der Waals surface area contributed by atoms with Crippen molar-refractivity contribution in [1.82, 2.24) is 21.3 Å². The number of amides is 4. The van der Waals surface area contributed by atoms with E-state index >= 15 is 0 Å². The quantitative estimate of drug-likeness (QED) is 0.0273. The van der Waals surface area contributed by atoms with Gasteiger partial charge in [-0.3, -0.25) is 29.2 Å². The molecule has 20 nitrogen and oxygen atoms in total. The number of aliphatic imine (C=N–C) groups is 2. The average molecular weight is 989 g/mol. The first-order chi connectivity index (χ1) is 31.5. The number of fused-ring (bicyclic) bond motifs is 2. The monoisotopic (exact) mass is 988 g/mol. The number of carboxylic acids is 2. The van der Waals surface area contributed by atoms with E-state index in [1.807, 2.05) is 0 Å². The van der Waals surface area contributed by atoms with Gasteiger partial charge in [0.05, 0.1) is 24.0 Å². The second kappa shape index (κ2) is 24.5. The summed E-state index contributed by atoms with van der Waals surface area (Å²) in [5.41, 5.74) is 0.858. The Morgan fingerprint density at radius 2 is 0.757 bits per heavy atom. The molecular weight excluding hydrogens is 931 g/mol. The van der Waals surface area contributed by atoms with E-state index in [2.05, 4.69) is 31.3 Å². The van der Waals surface area contributed by atoms with Gasteiger partial charge in [-0.25, -0.2) is 0 Å². The van der Waals surface area contributed by atoms with Crippen LogP contribution in [0.5, 0.6) is 34.5 Å². The Morgan fingerprint density at radius 1 is 0.471 bits per heavy atom. The summed E-state index contributed by atoms with van der Waals surface area (Å²) in [5, 5.41) is 103. The number of benzene rings is 4. The summed E-state index contributed by atoms with van der Waals surface area (Å²) >= 11 is 0. The fraction of sp³-hybridized carbons (Fsp3) is 0.417. The summed E-state index contributed by atoms with van der Waals surface area (Å²) in [6.07, 6.45) is 2.12. The second-order valence-electron chi connectivity index (χ2n) is 17.5. The Balaban J connectivity index is 0.00000840. The molecule has 0 fully saturated rings. The van der Waals surface area contributed by atoms with Gasteiger partial charge in [0.2, 0.25) is 23.6 Å². The molecule has 10 N–H and O–H groups in total. The fourth-order valence-corrected chi connectivity index (χ4v) is 7.73. The molecule has 0 heterocycles. The van der Waals surface area contributed by atoms with Gasteiger partial charge in [-0.05, 0) is 89.1 Å². The number of nitrogens with one attached hydrogen (secondary N) is 4. The smallest absolute Gasteiger partial charge is 0.548 e. The summed E-state index contributed by atoms with van der Waals surface area (Å²) in [6.45, 7) is 18.0. The summed E-state index contributed by atoms with van der Waals surface area (Å²) in [7, 11) is 0. The number of phenolic OH excluding ortho intramolecular Hbond substituents is 6. The van der Waals surface area contributed by atoms with Crippen LogP contribution in [0.15, 0.2) is 22.1 Å². The largest absolute Gasteiger partial charge is 1.00 e. The number of carbonyl (C=O) groups is 6. The molecule has 22 heteroatoms. The maximum atomic E-state index is 13.1. The maximum absolute atomic E-state index is 13.1. The third-order valence-corrected chi connectivity index (χ3v) is 11.5. The molecule has 0 aliphatic rings. The van der Waals surface area contributed by atoms with Gasteiger partial charge in [0, 0.05) is 56.6 Å². The van der Waals surface area contributed by atoms with Crippen LogP contribution in [0.4, 0.5) is 0 Å². The number of aromatic hydroxyl groups is 6.